The van der Waals surface area contributed by atoms with E-state index in [9.17, 15) is 4.79 Å². The molecule has 0 saturated carbocycles. The summed E-state index contributed by atoms with van der Waals surface area (Å²) in [5, 5.41) is 17.8. The first kappa shape index (κ1) is 13.4. The third-order valence-electron chi connectivity index (χ3n) is 2.46. The number of hydrogen-bond acceptors (Lipinski definition) is 3. The van der Waals surface area contributed by atoms with Crippen LogP contribution in [0, 0.1) is 11.3 Å². The molecular weight excluding hydrogens is 182 g/mol. The van der Waals surface area contributed by atoms with Crippen LogP contribution in [-0.2, 0) is 4.79 Å². The van der Waals surface area contributed by atoms with Crippen LogP contribution in [0.5, 0.6) is 0 Å². The lowest BCUT2D eigenvalue weighted by atomic mass is 9.76. The number of nitrogens with two attached hydrogens (primary N) is 1. The maximum absolute atomic E-state index is 11.1. The molecule has 0 rings (SSSR count). The normalized spacial score (nSPS) is 15.5. The van der Waals surface area contributed by atoms with Gasteiger partial charge in [0.05, 0.1) is 5.41 Å². The average molecular weight is 203 g/mol. The fourth-order valence-electron chi connectivity index (χ4n) is 1.77. The molecule has 0 heterocycles. The van der Waals surface area contributed by atoms with Gasteiger partial charge in [0.15, 0.2) is 0 Å². The smallest absolute Gasteiger partial charge is 0.310 e. The molecule has 0 aromatic carbocycles. The van der Waals surface area contributed by atoms with Gasteiger partial charge in [0, 0.05) is 13.2 Å². The van der Waals surface area contributed by atoms with Crippen molar-refractivity contribution in [3.05, 3.63) is 0 Å². The van der Waals surface area contributed by atoms with E-state index in [4.69, 9.17) is 15.9 Å². The fourth-order valence-corrected chi connectivity index (χ4v) is 1.77. The zero-order valence-corrected chi connectivity index (χ0v) is 8.99. The fraction of sp³-hybridized carbons (Fsp3) is 0.900. The minimum Gasteiger partial charge on any atom is -0.481 e. The number of rotatable bonds is 7. The van der Waals surface area contributed by atoms with Crippen LogP contribution >= 0.6 is 0 Å². The molecular formula is C10H21NO3. The van der Waals surface area contributed by atoms with Crippen molar-refractivity contribution in [1.29, 1.82) is 0 Å². The Hall–Kier alpha value is -0.610. The Morgan fingerprint density at radius 3 is 2.36 bits per heavy atom. The van der Waals surface area contributed by atoms with Crippen molar-refractivity contribution in [1.82, 2.24) is 0 Å². The SMILES string of the molecule is CC(C)CC(CN)(CCCO)C(=O)O. The van der Waals surface area contributed by atoms with Gasteiger partial charge in [-0.05, 0) is 25.2 Å². The number of carboxylic acid groups (broad SMARTS) is 1. The first-order valence-electron chi connectivity index (χ1n) is 5.03. The van der Waals surface area contributed by atoms with Gasteiger partial charge in [-0.25, -0.2) is 0 Å². The molecule has 0 spiro atoms. The molecule has 0 fully saturated rings. The maximum Gasteiger partial charge on any atom is 0.310 e. The molecule has 0 aromatic heterocycles. The molecule has 0 aliphatic carbocycles. The lowest BCUT2D eigenvalue weighted by Crippen LogP contribution is -2.40. The molecule has 0 aromatic rings. The molecule has 84 valence electrons. The van der Waals surface area contributed by atoms with Crippen LogP contribution in [0.4, 0.5) is 0 Å². The summed E-state index contributed by atoms with van der Waals surface area (Å²) in [6.07, 6.45) is 1.52. The Morgan fingerprint density at radius 2 is 2.07 bits per heavy atom. The highest BCUT2D eigenvalue weighted by molar-refractivity contribution is 5.74. The topological polar surface area (TPSA) is 83.5 Å². The number of aliphatic hydroxyl groups is 1. The second-order valence-electron chi connectivity index (χ2n) is 4.21. The van der Waals surface area contributed by atoms with Crippen LogP contribution in [-0.4, -0.2) is 29.3 Å². The number of hydrogen-bond donors (Lipinski definition) is 3. The van der Waals surface area contributed by atoms with Crippen molar-refractivity contribution in [2.45, 2.75) is 33.1 Å². The second-order valence-corrected chi connectivity index (χ2v) is 4.21. The first-order valence-corrected chi connectivity index (χ1v) is 5.03. The van der Waals surface area contributed by atoms with E-state index < -0.39 is 11.4 Å². The van der Waals surface area contributed by atoms with E-state index in [1.807, 2.05) is 13.8 Å². The van der Waals surface area contributed by atoms with Crippen LogP contribution in [0.2, 0.25) is 0 Å². The van der Waals surface area contributed by atoms with E-state index in [1.54, 1.807) is 0 Å². The van der Waals surface area contributed by atoms with E-state index in [0.29, 0.717) is 25.2 Å². The summed E-state index contributed by atoms with van der Waals surface area (Å²) >= 11 is 0. The second kappa shape index (κ2) is 5.98. The van der Waals surface area contributed by atoms with Gasteiger partial charge in [0.25, 0.3) is 0 Å². The summed E-state index contributed by atoms with van der Waals surface area (Å²) in [4.78, 5) is 11.1. The molecule has 4 nitrogen and oxygen atoms in total. The number of carbonyl (C=O) groups is 1. The summed E-state index contributed by atoms with van der Waals surface area (Å²) in [5.41, 5.74) is 4.68. The minimum atomic E-state index is -0.850. The number of aliphatic hydroxyl groups excluding tert-OH is 1. The van der Waals surface area contributed by atoms with Crippen molar-refractivity contribution in [3.63, 3.8) is 0 Å². The van der Waals surface area contributed by atoms with E-state index in [-0.39, 0.29) is 13.2 Å². The monoisotopic (exact) mass is 203 g/mol. The summed E-state index contributed by atoms with van der Waals surface area (Å²) in [7, 11) is 0. The minimum absolute atomic E-state index is 0.0210. The molecule has 4 N–H and O–H groups in total. The zero-order valence-electron chi connectivity index (χ0n) is 8.99. The molecule has 0 aliphatic rings. The van der Waals surface area contributed by atoms with Crippen molar-refractivity contribution in [2.24, 2.45) is 17.1 Å². The predicted octanol–water partition coefficient (Wildman–Crippen LogP) is 0.835. The number of carboxylic acids is 1. The average Bonchev–Trinajstić information content (AvgIpc) is 2.11. The van der Waals surface area contributed by atoms with Crippen molar-refractivity contribution >= 4 is 5.97 Å². The number of aliphatic carboxylic acids is 1. The van der Waals surface area contributed by atoms with Gasteiger partial charge in [0.1, 0.15) is 0 Å². The van der Waals surface area contributed by atoms with Gasteiger partial charge < -0.3 is 15.9 Å². The van der Waals surface area contributed by atoms with Gasteiger partial charge in [-0.3, -0.25) is 4.79 Å². The Labute approximate surface area is 85.1 Å². The van der Waals surface area contributed by atoms with Crippen LogP contribution in [0.1, 0.15) is 33.1 Å². The quantitative estimate of drug-likeness (QED) is 0.572. The Bertz CT molecular complexity index is 182. The van der Waals surface area contributed by atoms with Crippen molar-refractivity contribution < 1.29 is 15.0 Å². The molecule has 1 atom stereocenters. The highest BCUT2D eigenvalue weighted by Gasteiger charge is 2.36. The van der Waals surface area contributed by atoms with E-state index in [0.717, 1.165) is 0 Å². The lowest BCUT2D eigenvalue weighted by Gasteiger charge is -2.29. The van der Waals surface area contributed by atoms with Crippen molar-refractivity contribution in [2.75, 3.05) is 13.2 Å². The largest absolute Gasteiger partial charge is 0.481 e. The summed E-state index contributed by atoms with van der Waals surface area (Å²) in [5.74, 6) is -0.546. The molecule has 0 aliphatic heterocycles. The van der Waals surface area contributed by atoms with Gasteiger partial charge >= 0.3 is 5.97 Å². The molecule has 0 amide bonds. The Kier molecular flexibility index (Phi) is 5.72. The zero-order chi connectivity index (χ0) is 11.2. The summed E-state index contributed by atoms with van der Waals surface area (Å²) in [6, 6.07) is 0. The highest BCUT2D eigenvalue weighted by Crippen LogP contribution is 2.31. The third kappa shape index (κ3) is 3.64. The van der Waals surface area contributed by atoms with Crippen LogP contribution < -0.4 is 5.73 Å². The van der Waals surface area contributed by atoms with E-state index in [2.05, 4.69) is 0 Å². The lowest BCUT2D eigenvalue weighted by molar-refractivity contribution is -0.150. The summed E-state index contributed by atoms with van der Waals surface area (Å²) in [6.45, 7) is 4.12. The van der Waals surface area contributed by atoms with E-state index in [1.165, 1.54) is 0 Å². The molecule has 0 bridgehead atoms. The van der Waals surface area contributed by atoms with Gasteiger partial charge in [-0.2, -0.15) is 0 Å². The predicted molar refractivity (Wildman–Crippen MR) is 54.9 cm³/mol. The molecule has 14 heavy (non-hydrogen) atoms. The van der Waals surface area contributed by atoms with Crippen molar-refractivity contribution in [3.8, 4) is 0 Å². The van der Waals surface area contributed by atoms with Crippen LogP contribution in [0.25, 0.3) is 0 Å². The van der Waals surface area contributed by atoms with Gasteiger partial charge in [-0.15, -0.1) is 0 Å². The summed E-state index contributed by atoms with van der Waals surface area (Å²) < 4.78 is 0. The Morgan fingerprint density at radius 1 is 1.50 bits per heavy atom. The Balaban J connectivity index is 4.51. The van der Waals surface area contributed by atoms with E-state index >= 15 is 0 Å². The van der Waals surface area contributed by atoms with Crippen LogP contribution in [0.15, 0.2) is 0 Å². The third-order valence-corrected chi connectivity index (χ3v) is 2.46. The molecule has 1 unspecified atom stereocenters. The van der Waals surface area contributed by atoms with Crippen LogP contribution in [0.3, 0.4) is 0 Å². The molecule has 0 radical (unpaired) electrons. The van der Waals surface area contributed by atoms with Gasteiger partial charge in [-0.1, -0.05) is 13.8 Å². The maximum atomic E-state index is 11.1. The highest BCUT2D eigenvalue weighted by atomic mass is 16.4. The standard InChI is InChI=1S/C10H21NO3/c1-8(2)6-10(7-11,9(13)14)4-3-5-12/h8,12H,3-7,11H2,1-2H3,(H,13,14). The first-order chi connectivity index (χ1) is 6.48. The van der Waals surface area contributed by atoms with Gasteiger partial charge in [0.2, 0.25) is 0 Å². The molecule has 0 saturated heterocycles. The molecule has 4 heteroatoms.